The summed E-state index contributed by atoms with van der Waals surface area (Å²) in [5, 5.41) is 0. The van der Waals surface area contributed by atoms with E-state index in [1.807, 2.05) is 30.3 Å². The zero-order valence-corrected chi connectivity index (χ0v) is 14.8. The molecule has 2 amide bonds. The van der Waals surface area contributed by atoms with Crippen LogP contribution in [0.5, 0.6) is 0 Å². The molecule has 0 atom stereocenters. The Morgan fingerprint density at radius 1 is 1.08 bits per heavy atom. The monoisotopic (exact) mass is 348 g/mol. The van der Waals surface area contributed by atoms with E-state index in [9.17, 15) is 14.4 Å². The van der Waals surface area contributed by atoms with Gasteiger partial charge in [0, 0.05) is 13.1 Å². The van der Waals surface area contributed by atoms with Gasteiger partial charge >= 0.3 is 18.2 Å². The third-order valence-electron chi connectivity index (χ3n) is 4.18. The Balaban J connectivity index is 2.20. The van der Waals surface area contributed by atoms with E-state index in [2.05, 4.69) is 4.74 Å². The van der Waals surface area contributed by atoms with Crippen molar-refractivity contribution in [3.05, 3.63) is 35.9 Å². The maximum atomic E-state index is 12.6. The van der Waals surface area contributed by atoms with Crippen molar-refractivity contribution < 1.29 is 23.9 Å². The minimum absolute atomic E-state index is 0.317. The van der Waals surface area contributed by atoms with Crippen LogP contribution in [-0.2, 0) is 19.7 Å². The summed E-state index contributed by atoms with van der Waals surface area (Å²) < 4.78 is 10.1. The molecule has 1 aromatic rings. The first kappa shape index (κ1) is 18.8. The van der Waals surface area contributed by atoms with Gasteiger partial charge in [-0.25, -0.2) is 9.59 Å². The number of rotatable bonds is 2. The van der Waals surface area contributed by atoms with Gasteiger partial charge in [0.1, 0.15) is 5.60 Å². The standard InChI is InChI=1S/C18H24N2O5/c1-17(2,3)25-16(23)20-11-9-18(10-12-20,14(21)24-15(19)22)13-7-5-4-6-8-13/h4-8H,9-12H2,1-3H3,(H2,19,22). The molecule has 0 aliphatic carbocycles. The van der Waals surface area contributed by atoms with Crippen molar-refractivity contribution in [3.8, 4) is 0 Å². The van der Waals surface area contributed by atoms with Gasteiger partial charge in [-0.05, 0) is 39.2 Å². The van der Waals surface area contributed by atoms with Gasteiger partial charge in [-0.15, -0.1) is 0 Å². The smallest absolute Gasteiger partial charge is 0.412 e. The molecule has 1 aliphatic heterocycles. The maximum absolute atomic E-state index is 12.6. The minimum atomic E-state index is -1.13. The van der Waals surface area contributed by atoms with E-state index in [-0.39, 0.29) is 0 Å². The largest absolute Gasteiger partial charge is 0.444 e. The molecule has 0 saturated carbocycles. The SMILES string of the molecule is CC(C)(C)OC(=O)N1CCC(C(=O)OC(N)=O)(c2ccccc2)CC1. The van der Waals surface area contributed by atoms with Crippen LogP contribution in [0.3, 0.4) is 0 Å². The molecule has 1 aromatic carbocycles. The fourth-order valence-electron chi connectivity index (χ4n) is 2.95. The highest BCUT2D eigenvalue weighted by Crippen LogP contribution is 2.37. The molecule has 1 heterocycles. The highest BCUT2D eigenvalue weighted by atomic mass is 16.6. The highest BCUT2D eigenvalue weighted by molar-refractivity contribution is 5.91. The summed E-state index contributed by atoms with van der Waals surface area (Å²) in [6, 6.07) is 9.09. The maximum Gasteiger partial charge on any atom is 0.412 e. The molecular weight excluding hydrogens is 324 g/mol. The predicted molar refractivity (Wildman–Crippen MR) is 90.8 cm³/mol. The van der Waals surface area contributed by atoms with Gasteiger partial charge < -0.3 is 20.1 Å². The van der Waals surface area contributed by atoms with Crippen LogP contribution in [-0.4, -0.2) is 41.7 Å². The van der Waals surface area contributed by atoms with Gasteiger partial charge in [0.25, 0.3) is 0 Å². The van der Waals surface area contributed by atoms with Crippen molar-refractivity contribution in [2.45, 2.75) is 44.6 Å². The van der Waals surface area contributed by atoms with Gasteiger partial charge in [0.2, 0.25) is 0 Å². The molecule has 136 valence electrons. The number of carbonyl (C=O) groups excluding carboxylic acids is 3. The van der Waals surface area contributed by atoms with E-state index in [0.29, 0.717) is 25.9 Å². The first-order valence-corrected chi connectivity index (χ1v) is 8.19. The molecule has 2 rings (SSSR count). The molecule has 25 heavy (non-hydrogen) atoms. The van der Waals surface area contributed by atoms with Gasteiger partial charge in [-0.1, -0.05) is 30.3 Å². The number of carbonyl (C=O) groups is 3. The molecule has 7 heteroatoms. The van der Waals surface area contributed by atoms with Crippen molar-refractivity contribution in [1.29, 1.82) is 0 Å². The van der Waals surface area contributed by atoms with Gasteiger partial charge in [0.15, 0.2) is 0 Å². The Bertz CT molecular complexity index is 643. The van der Waals surface area contributed by atoms with Crippen LogP contribution in [0.15, 0.2) is 30.3 Å². The van der Waals surface area contributed by atoms with E-state index >= 15 is 0 Å². The number of piperidine rings is 1. The topological polar surface area (TPSA) is 98.9 Å². The summed E-state index contributed by atoms with van der Waals surface area (Å²) in [4.78, 5) is 37.4. The second-order valence-electron chi connectivity index (χ2n) is 7.12. The normalized spacial score (nSPS) is 16.8. The number of nitrogens with zero attached hydrogens (tertiary/aromatic N) is 1. The summed E-state index contributed by atoms with van der Waals surface area (Å²) in [6.45, 7) is 6.03. The van der Waals surface area contributed by atoms with E-state index < -0.39 is 29.2 Å². The molecule has 1 saturated heterocycles. The van der Waals surface area contributed by atoms with Crippen LogP contribution in [0.25, 0.3) is 0 Å². The van der Waals surface area contributed by atoms with Crippen molar-refractivity contribution >= 4 is 18.2 Å². The Morgan fingerprint density at radius 2 is 1.64 bits per heavy atom. The Kier molecular flexibility index (Phi) is 5.35. The van der Waals surface area contributed by atoms with E-state index in [0.717, 1.165) is 5.56 Å². The van der Waals surface area contributed by atoms with Gasteiger partial charge in [0.05, 0.1) is 5.41 Å². The van der Waals surface area contributed by atoms with Crippen LogP contribution in [0.4, 0.5) is 9.59 Å². The predicted octanol–water partition coefficient (Wildman–Crippen LogP) is 2.58. The molecule has 2 N–H and O–H groups in total. The first-order chi connectivity index (χ1) is 11.6. The molecule has 1 fully saturated rings. The van der Waals surface area contributed by atoms with Crippen molar-refractivity contribution in [1.82, 2.24) is 4.90 Å². The van der Waals surface area contributed by atoms with Crippen molar-refractivity contribution in [3.63, 3.8) is 0 Å². The molecule has 7 nitrogen and oxygen atoms in total. The Morgan fingerprint density at radius 3 is 2.12 bits per heavy atom. The summed E-state index contributed by atoms with van der Waals surface area (Å²) in [7, 11) is 0. The zero-order valence-electron chi connectivity index (χ0n) is 14.8. The lowest BCUT2D eigenvalue weighted by Crippen LogP contribution is -2.51. The van der Waals surface area contributed by atoms with Crippen LogP contribution in [0, 0.1) is 0 Å². The van der Waals surface area contributed by atoms with Crippen molar-refractivity contribution in [2.24, 2.45) is 5.73 Å². The number of hydrogen-bond acceptors (Lipinski definition) is 5. The van der Waals surface area contributed by atoms with E-state index in [4.69, 9.17) is 10.5 Å². The second-order valence-corrected chi connectivity index (χ2v) is 7.12. The third-order valence-corrected chi connectivity index (χ3v) is 4.18. The third kappa shape index (κ3) is 4.49. The number of hydrogen-bond donors (Lipinski definition) is 1. The van der Waals surface area contributed by atoms with Crippen molar-refractivity contribution in [2.75, 3.05) is 13.1 Å². The lowest BCUT2D eigenvalue weighted by molar-refractivity contribution is -0.146. The highest BCUT2D eigenvalue weighted by Gasteiger charge is 2.46. The number of benzene rings is 1. The summed E-state index contributed by atoms with van der Waals surface area (Å²) in [6.07, 6.45) is -0.905. The van der Waals surface area contributed by atoms with Crippen LogP contribution in [0.2, 0.25) is 0 Å². The van der Waals surface area contributed by atoms with Gasteiger partial charge in [-0.2, -0.15) is 0 Å². The molecule has 1 aliphatic rings. The second kappa shape index (κ2) is 7.13. The summed E-state index contributed by atoms with van der Waals surface area (Å²) in [5.74, 6) is -0.685. The summed E-state index contributed by atoms with van der Waals surface area (Å²) in [5.41, 5.74) is 4.16. The lowest BCUT2D eigenvalue weighted by atomic mass is 9.73. The lowest BCUT2D eigenvalue weighted by Gasteiger charge is -2.40. The van der Waals surface area contributed by atoms with Crippen LogP contribution >= 0.6 is 0 Å². The minimum Gasteiger partial charge on any atom is -0.444 e. The number of ether oxygens (including phenoxy) is 2. The summed E-state index contributed by atoms with van der Waals surface area (Å²) >= 11 is 0. The Labute approximate surface area is 147 Å². The molecule has 0 spiro atoms. The average Bonchev–Trinajstić information content (AvgIpc) is 2.53. The molecule has 0 unspecified atom stereocenters. The number of nitrogens with two attached hydrogens (primary N) is 1. The Hall–Kier alpha value is -2.57. The van der Waals surface area contributed by atoms with Crippen LogP contribution in [0.1, 0.15) is 39.2 Å². The molecule has 0 radical (unpaired) electrons. The number of esters is 1. The first-order valence-electron chi connectivity index (χ1n) is 8.19. The van der Waals surface area contributed by atoms with E-state index in [1.54, 1.807) is 25.7 Å². The fraction of sp³-hybridized carbons (Fsp3) is 0.500. The fourth-order valence-corrected chi connectivity index (χ4v) is 2.95. The molecule has 0 aromatic heterocycles. The number of likely N-dealkylation sites (tertiary alicyclic amines) is 1. The van der Waals surface area contributed by atoms with Gasteiger partial charge in [-0.3, -0.25) is 4.79 Å². The number of amides is 2. The van der Waals surface area contributed by atoms with E-state index in [1.165, 1.54) is 0 Å². The average molecular weight is 348 g/mol. The molecule has 0 bridgehead atoms. The quantitative estimate of drug-likeness (QED) is 0.654. The number of primary amides is 1. The van der Waals surface area contributed by atoms with Crippen LogP contribution < -0.4 is 5.73 Å². The molecular formula is C18H24N2O5. The zero-order chi connectivity index (χ0) is 18.7.